The van der Waals surface area contributed by atoms with E-state index in [1.165, 1.54) is 25.3 Å². The van der Waals surface area contributed by atoms with Crippen LogP contribution in [0.4, 0.5) is 17.1 Å². The van der Waals surface area contributed by atoms with Crippen LogP contribution in [0.3, 0.4) is 0 Å². The molecule has 3 fully saturated rings. The quantitative estimate of drug-likeness (QED) is 0.409. The Morgan fingerprint density at radius 3 is 2.69 bits per heavy atom. The number of benzene rings is 2. The van der Waals surface area contributed by atoms with Crippen LogP contribution in [0, 0.1) is 22.0 Å². The van der Waals surface area contributed by atoms with Crippen molar-refractivity contribution in [1.29, 1.82) is 0 Å². The maximum absolute atomic E-state index is 14.1. The fourth-order valence-corrected chi connectivity index (χ4v) is 6.67. The summed E-state index contributed by atoms with van der Waals surface area (Å²) < 4.78 is 5.36. The molecule has 4 heterocycles. The Morgan fingerprint density at radius 1 is 1.17 bits per heavy atom. The van der Waals surface area contributed by atoms with E-state index < -0.39 is 34.1 Å². The highest BCUT2D eigenvalue weighted by molar-refractivity contribution is 6.26. The van der Waals surface area contributed by atoms with Gasteiger partial charge in [0.2, 0.25) is 17.7 Å². The van der Waals surface area contributed by atoms with Crippen molar-refractivity contribution in [2.24, 2.45) is 11.8 Å². The number of carbonyl (C=O) groups excluding carboxylic acids is 3. The van der Waals surface area contributed by atoms with Crippen molar-refractivity contribution in [1.82, 2.24) is 4.90 Å². The zero-order valence-corrected chi connectivity index (χ0v) is 19.3. The minimum Gasteiger partial charge on any atom is -0.495 e. The maximum Gasteiger partial charge on any atom is 0.271 e. The number of nitrogens with one attached hydrogen (secondary N) is 1. The predicted molar refractivity (Wildman–Crippen MR) is 125 cm³/mol. The number of nitro groups is 1. The number of nitro benzene ring substituents is 1. The Bertz CT molecular complexity index is 1330. The van der Waals surface area contributed by atoms with E-state index >= 15 is 0 Å². The second-order valence-electron chi connectivity index (χ2n) is 9.49. The SMILES string of the molecule is CCc1ccc2c(c1)[C@]1(C(=O)N2)[C@@H]2C(=O)N(c3cc([N+](=O)[O-])ccc3OC)C(=O)[C@@H]2[C@@H]2CCCN21. The molecule has 0 bridgehead atoms. The first kappa shape index (κ1) is 21.7. The molecule has 0 saturated carbocycles. The zero-order chi connectivity index (χ0) is 24.6. The lowest BCUT2D eigenvalue weighted by atomic mass is 9.75. The molecule has 0 radical (unpaired) electrons. The van der Waals surface area contributed by atoms with Gasteiger partial charge in [0.15, 0.2) is 0 Å². The van der Waals surface area contributed by atoms with Crippen LogP contribution >= 0.6 is 0 Å². The van der Waals surface area contributed by atoms with Gasteiger partial charge < -0.3 is 10.1 Å². The van der Waals surface area contributed by atoms with Gasteiger partial charge in [-0.2, -0.15) is 0 Å². The molecular weight excluding hydrogens is 452 g/mol. The normalized spacial score (nSPS) is 28.9. The standard InChI is InChI=1S/C25H24N4O6/c1-3-13-6-8-16-15(11-13)25(24(32)26-16)21-20(17-5-4-10-27(17)25)22(30)28(23(21)31)18-12-14(29(33)34)7-9-19(18)35-2/h6-9,11-12,17,20-21H,3-5,10H2,1-2H3,(H,26,32)/t17-,20+,21-,25+/m0/s1. The lowest BCUT2D eigenvalue weighted by Gasteiger charge is -2.36. The van der Waals surface area contributed by atoms with Gasteiger partial charge in [0.25, 0.3) is 5.69 Å². The summed E-state index contributed by atoms with van der Waals surface area (Å²) in [5, 5.41) is 14.4. The number of rotatable bonds is 4. The molecule has 10 nitrogen and oxygen atoms in total. The molecule has 0 unspecified atom stereocenters. The fraction of sp³-hybridized carbons (Fsp3) is 0.400. The first-order valence-electron chi connectivity index (χ1n) is 11.8. The molecule has 35 heavy (non-hydrogen) atoms. The third kappa shape index (κ3) is 2.60. The van der Waals surface area contributed by atoms with E-state index in [0.717, 1.165) is 28.9 Å². The van der Waals surface area contributed by atoms with E-state index in [1.807, 2.05) is 25.1 Å². The second kappa shape index (κ2) is 7.35. The number of aryl methyl sites for hydroxylation is 1. The number of methoxy groups -OCH3 is 1. The van der Waals surface area contributed by atoms with Crippen molar-refractivity contribution in [2.75, 3.05) is 23.9 Å². The average Bonchev–Trinajstić information content (AvgIpc) is 3.56. The number of imide groups is 1. The summed E-state index contributed by atoms with van der Waals surface area (Å²) in [6.07, 6.45) is 2.27. The number of ether oxygens (including phenoxy) is 1. The smallest absolute Gasteiger partial charge is 0.271 e. The molecule has 0 aliphatic carbocycles. The summed E-state index contributed by atoms with van der Waals surface area (Å²) in [5.41, 5.74) is 0.911. The molecule has 4 aliphatic rings. The Kier molecular flexibility index (Phi) is 4.56. The monoisotopic (exact) mass is 476 g/mol. The van der Waals surface area contributed by atoms with Crippen LogP contribution in [0.2, 0.25) is 0 Å². The molecule has 3 saturated heterocycles. The van der Waals surface area contributed by atoms with E-state index in [4.69, 9.17) is 4.74 Å². The van der Waals surface area contributed by atoms with Gasteiger partial charge in [0.05, 0.1) is 23.9 Å². The highest BCUT2D eigenvalue weighted by atomic mass is 16.6. The number of anilines is 2. The first-order chi connectivity index (χ1) is 16.8. The van der Waals surface area contributed by atoms with Crippen molar-refractivity contribution in [3.05, 3.63) is 57.6 Å². The molecule has 6 rings (SSSR count). The Labute approximate surface area is 201 Å². The van der Waals surface area contributed by atoms with Crippen LogP contribution in [-0.4, -0.2) is 47.2 Å². The van der Waals surface area contributed by atoms with Gasteiger partial charge in [-0.25, -0.2) is 4.90 Å². The number of fused-ring (bicyclic) bond motifs is 7. The molecular formula is C25H24N4O6. The summed E-state index contributed by atoms with van der Waals surface area (Å²) in [5.74, 6) is -2.75. The first-order valence-corrected chi connectivity index (χ1v) is 11.8. The number of hydrogen-bond acceptors (Lipinski definition) is 7. The van der Waals surface area contributed by atoms with Crippen LogP contribution in [-0.2, 0) is 26.3 Å². The maximum atomic E-state index is 14.1. The molecule has 2 aromatic rings. The van der Waals surface area contributed by atoms with Crippen LogP contribution < -0.4 is 15.0 Å². The number of nitrogens with zero attached hydrogens (tertiary/aromatic N) is 3. The molecule has 2 aromatic carbocycles. The zero-order valence-electron chi connectivity index (χ0n) is 19.3. The third-order valence-electron chi connectivity index (χ3n) is 8.08. The summed E-state index contributed by atoms with van der Waals surface area (Å²) in [4.78, 5) is 55.7. The lowest BCUT2D eigenvalue weighted by Crippen LogP contribution is -2.54. The van der Waals surface area contributed by atoms with Gasteiger partial charge in [-0.05, 0) is 43.5 Å². The minimum atomic E-state index is -1.29. The van der Waals surface area contributed by atoms with Gasteiger partial charge in [0, 0.05) is 29.4 Å². The van der Waals surface area contributed by atoms with Crippen molar-refractivity contribution in [3.8, 4) is 5.75 Å². The highest BCUT2D eigenvalue weighted by Crippen LogP contribution is 2.61. The minimum absolute atomic E-state index is 0.0340. The highest BCUT2D eigenvalue weighted by Gasteiger charge is 2.74. The predicted octanol–water partition coefficient (Wildman–Crippen LogP) is 2.60. The molecule has 4 atom stereocenters. The number of non-ortho nitro benzene ring substituents is 1. The summed E-state index contributed by atoms with van der Waals surface area (Å²) >= 11 is 0. The topological polar surface area (TPSA) is 122 Å². The van der Waals surface area contributed by atoms with E-state index in [2.05, 4.69) is 10.2 Å². The van der Waals surface area contributed by atoms with Gasteiger partial charge >= 0.3 is 0 Å². The molecule has 1 N–H and O–H groups in total. The fourth-order valence-electron chi connectivity index (χ4n) is 6.67. The van der Waals surface area contributed by atoms with Crippen LogP contribution in [0.15, 0.2) is 36.4 Å². The van der Waals surface area contributed by atoms with Crippen molar-refractivity contribution >= 4 is 34.8 Å². The van der Waals surface area contributed by atoms with E-state index in [0.29, 0.717) is 18.7 Å². The molecule has 10 heteroatoms. The lowest BCUT2D eigenvalue weighted by molar-refractivity contribution is -0.384. The van der Waals surface area contributed by atoms with E-state index in [-0.39, 0.29) is 29.1 Å². The van der Waals surface area contributed by atoms with Crippen molar-refractivity contribution in [3.63, 3.8) is 0 Å². The molecule has 3 amide bonds. The summed E-state index contributed by atoms with van der Waals surface area (Å²) in [6.45, 7) is 2.64. The van der Waals surface area contributed by atoms with Crippen molar-refractivity contribution < 1.29 is 24.0 Å². The van der Waals surface area contributed by atoms with Crippen molar-refractivity contribution in [2.45, 2.75) is 37.8 Å². The van der Waals surface area contributed by atoms with Crippen LogP contribution in [0.25, 0.3) is 0 Å². The summed E-state index contributed by atoms with van der Waals surface area (Å²) in [6, 6.07) is 9.35. The van der Waals surface area contributed by atoms with Gasteiger partial charge in [-0.3, -0.25) is 29.4 Å². The molecule has 1 spiro atoms. The number of amides is 3. The number of carbonyl (C=O) groups is 3. The number of hydrogen-bond donors (Lipinski definition) is 1. The molecule has 4 aliphatic heterocycles. The van der Waals surface area contributed by atoms with Crippen LogP contribution in [0.1, 0.15) is 30.9 Å². The molecule has 0 aromatic heterocycles. The molecule has 180 valence electrons. The van der Waals surface area contributed by atoms with E-state index in [9.17, 15) is 24.5 Å². The Morgan fingerprint density at radius 2 is 1.97 bits per heavy atom. The van der Waals surface area contributed by atoms with E-state index in [1.54, 1.807) is 0 Å². The largest absolute Gasteiger partial charge is 0.495 e. The average molecular weight is 476 g/mol. The van der Waals surface area contributed by atoms with Gasteiger partial charge in [-0.1, -0.05) is 19.1 Å². The van der Waals surface area contributed by atoms with Crippen LogP contribution in [0.5, 0.6) is 5.75 Å². The Hall–Kier alpha value is -3.79. The Balaban J connectivity index is 1.55. The summed E-state index contributed by atoms with van der Waals surface area (Å²) in [7, 11) is 1.38. The second-order valence-corrected chi connectivity index (χ2v) is 9.49. The van der Waals surface area contributed by atoms with Gasteiger partial charge in [0.1, 0.15) is 17.0 Å². The third-order valence-corrected chi connectivity index (χ3v) is 8.08. The van der Waals surface area contributed by atoms with Gasteiger partial charge in [-0.15, -0.1) is 0 Å².